The van der Waals surface area contributed by atoms with Gasteiger partial charge in [0, 0.05) is 5.56 Å². The number of hydrogen-bond donors (Lipinski definition) is 1. The first-order chi connectivity index (χ1) is 5.52. The summed E-state index contributed by atoms with van der Waals surface area (Å²) in [5.41, 5.74) is 5.92. The minimum atomic E-state index is 0.207. The first-order valence-corrected chi connectivity index (χ1v) is 4.51. The number of nitrogens with two attached hydrogens (primary N) is 1. The quantitative estimate of drug-likeness (QED) is 0.602. The third kappa shape index (κ3) is 2.02. The molecule has 2 N–H and O–H groups in total. The summed E-state index contributed by atoms with van der Waals surface area (Å²) >= 11 is 21.9. The molecular weight excluding hydrogens is 237 g/mol. The van der Waals surface area contributed by atoms with E-state index >= 15 is 0 Å². The predicted octanol–water partition coefficient (Wildman–Crippen LogP) is 3.28. The van der Waals surface area contributed by atoms with Crippen LogP contribution < -0.4 is 5.73 Å². The van der Waals surface area contributed by atoms with Gasteiger partial charge in [-0.25, -0.2) is 0 Å². The van der Waals surface area contributed by atoms with E-state index < -0.39 is 0 Å². The topological polar surface area (TPSA) is 26.0 Å². The third-order valence-corrected chi connectivity index (χ3v) is 2.53. The van der Waals surface area contributed by atoms with Crippen LogP contribution in [0.2, 0.25) is 15.1 Å². The average Bonchev–Trinajstić information content (AvgIpc) is 1.96. The van der Waals surface area contributed by atoms with Gasteiger partial charge in [-0.3, -0.25) is 0 Å². The Labute approximate surface area is 90.4 Å². The lowest BCUT2D eigenvalue weighted by Gasteiger charge is -2.03. The van der Waals surface area contributed by atoms with Crippen LogP contribution in [0.25, 0.3) is 0 Å². The van der Waals surface area contributed by atoms with Crippen molar-refractivity contribution in [2.45, 2.75) is 0 Å². The summed E-state index contributed by atoms with van der Waals surface area (Å²) in [4.78, 5) is 0.207. The molecule has 0 radical (unpaired) electrons. The Morgan fingerprint density at radius 2 is 1.58 bits per heavy atom. The second-order valence-electron chi connectivity index (χ2n) is 2.11. The molecule has 64 valence electrons. The zero-order valence-electron chi connectivity index (χ0n) is 5.77. The van der Waals surface area contributed by atoms with Crippen LogP contribution in [0.3, 0.4) is 0 Å². The van der Waals surface area contributed by atoms with Gasteiger partial charge < -0.3 is 5.73 Å². The fraction of sp³-hybridized carbons (Fsp3) is 0. The fourth-order valence-corrected chi connectivity index (χ4v) is 1.58. The molecule has 1 nitrogen and oxygen atoms in total. The highest BCUT2D eigenvalue weighted by molar-refractivity contribution is 7.80. The van der Waals surface area contributed by atoms with Crippen molar-refractivity contribution in [3.8, 4) is 0 Å². The van der Waals surface area contributed by atoms with E-state index in [1.807, 2.05) is 0 Å². The van der Waals surface area contributed by atoms with E-state index in [1.165, 1.54) is 6.07 Å². The SMILES string of the molecule is NC(=S)c1cc(Cl)c(Cl)cc1Cl. The van der Waals surface area contributed by atoms with Crippen LogP contribution in [0.15, 0.2) is 12.1 Å². The first kappa shape index (κ1) is 10.1. The smallest absolute Gasteiger partial charge is 0.105 e. The Morgan fingerprint density at radius 3 is 2.08 bits per heavy atom. The number of halogens is 3. The maximum absolute atomic E-state index is 5.79. The van der Waals surface area contributed by atoms with Crippen LogP contribution in [0, 0.1) is 0 Å². The average molecular weight is 241 g/mol. The standard InChI is InChI=1S/C7H4Cl3NS/c8-4-2-6(10)5(9)1-3(4)7(11)12/h1-2H,(H2,11,12). The number of benzene rings is 1. The minimum absolute atomic E-state index is 0.207. The molecule has 1 rings (SSSR count). The monoisotopic (exact) mass is 239 g/mol. The van der Waals surface area contributed by atoms with Gasteiger partial charge in [0.15, 0.2) is 0 Å². The number of rotatable bonds is 1. The van der Waals surface area contributed by atoms with Gasteiger partial charge in [0.1, 0.15) is 4.99 Å². The summed E-state index contributed by atoms with van der Waals surface area (Å²) in [6.45, 7) is 0. The highest BCUT2D eigenvalue weighted by atomic mass is 35.5. The lowest BCUT2D eigenvalue weighted by Crippen LogP contribution is -2.09. The molecule has 0 aliphatic heterocycles. The Balaban J connectivity index is 3.33. The molecule has 0 fully saturated rings. The normalized spacial score (nSPS) is 9.92. The Bertz CT molecular complexity index is 338. The van der Waals surface area contributed by atoms with E-state index in [-0.39, 0.29) is 4.99 Å². The van der Waals surface area contributed by atoms with E-state index in [9.17, 15) is 0 Å². The van der Waals surface area contributed by atoms with E-state index in [0.717, 1.165) is 0 Å². The largest absolute Gasteiger partial charge is 0.389 e. The van der Waals surface area contributed by atoms with Crippen LogP contribution in [-0.4, -0.2) is 4.99 Å². The summed E-state index contributed by atoms with van der Waals surface area (Å²) in [5, 5.41) is 1.20. The van der Waals surface area contributed by atoms with Crippen molar-refractivity contribution in [3.05, 3.63) is 32.8 Å². The summed E-state index contributed by atoms with van der Waals surface area (Å²) in [5.74, 6) is 0. The lowest BCUT2D eigenvalue weighted by atomic mass is 10.2. The molecule has 0 aromatic heterocycles. The molecule has 0 amide bonds. The van der Waals surface area contributed by atoms with Crippen LogP contribution >= 0.6 is 47.0 Å². The molecule has 5 heteroatoms. The molecule has 12 heavy (non-hydrogen) atoms. The molecule has 0 saturated carbocycles. The summed E-state index contributed by atoms with van der Waals surface area (Å²) in [6, 6.07) is 3.06. The lowest BCUT2D eigenvalue weighted by molar-refractivity contribution is 1.62. The van der Waals surface area contributed by atoms with Crippen molar-refractivity contribution in [1.29, 1.82) is 0 Å². The molecule has 0 heterocycles. The number of thiocarbonyl (C=S) groups is 1. The van der Waals surface area contributed by atoms with Gasteiger partial charge in [-0.1, -0.05) is 47.0 Å². The molecule has 0 atom stereocenters. The van der Waals surface area contributed by atoms with Gasteiger partial charge in [0.2, 0.25) is 0 Å². The highest BCUT2D eigenvalue weighted by Crippen LogP contribution is 2.28. The second-order valence-corrected chi connectivity index (χ2v) is 3.77. The van der Waals surface area contributed by atoms with Crippen molar-refractivity contribution in [3.63, 3.8) is 0 Å². The van der Waals surface area contributed by atoms with E-state index in [4.69, 9.17) is 52.8 Å². The van der Waals surface area contributed by atoms with Gasteiger partial charge >= 0.3 is 0 Å². The molecule has 0 unspecified atom stereocenters. The predicted molar refractivity (Wildman–Crippen MR) is 57.4 cm³/mol. The maximum atomic E-state index is 5.79. The maximum Gasteiger partial charge on any atom is 0.105 e. The first-order valence-electron chi connectivity index (χ1n) is 2.96. The summed E-state index contributed by atoms with van der Waals surface area (Å²) in [6.07, 6.45) is 0. The van der Waals surface area contributed by atoms with E-state index in [0.29, 0.717) is 20.6 Å². The Morgan fingerprint density at radius 1 is 1.08 bits per heavy atom. The molecule has 1 aromatic carbocycles. The molecule has 0 spiro atoms. The molecule has 0 aliphatic carbocycles. The second kappa shape index (κ2) is 3.79. The van der Waals surface area contributed by atoms with Crippen LogP contribution in [0.1, 0.15) is 5.56 Å². The van der Waals surface area contributed by atoms with Crippen molar-refractivity contribution in [2.24, 2.45) is 5.73 Å². The van der Waals surface area contributed by atoms with E-state index in [1.54, 1.807) is 6.07 Å². The van der Waals surface area contributed by atoms with Gasteiger partial charge in [-0.05, 0) is 12.1 Å². The molecular formula is C7H4Cl3NS. The van der Waals surface area contributed by atoms with Crippen molar-refractivity contribution in [2.75, 3.05) is 0 Å². The molecule has 0 bridgehead atoms. The Hall–Kier alpha value is -0.0200. The fourth-order valence-electron chi connectivity index (χ4n) is 0.711. The van der Waals surface area contributed by atoms with Crippen LogP contribution in [0.5, 0.6) is 0 Å². The summed E-state index contributed by atoms with van der Waals surface area (Å²) in [7, 11) is 0. The minimum Gasteiger partial charge on any atom is -0.389 e. The van der Waals surface area contributed by atoms with E-state index in [2.05, 4.69) is 0 Å². The molecule has 0 aliphatic rings. The zero-order chi connectivity index (χ0) is 9.30. The number of hydrogen-bond acceptors (Lipinski definition) is 1. The van der Waals surface area contributed by atoms with Crippen LogP contribution in [0.4, 0.5) is 0 Å². The van der Waals surface area contributed by atoms with Crippen molar-refractivity contribution < 1.29 is 0 Å². The zero-order valence-corrected chi connectivity index (χ0v) is 8.86. The highest BCUT2D eigenvalue weighted by Gasteiger charge is 2.07. The van der Waals surface area contributed by atoms with Crippen molar-refractivity contribution >= 4 is 52.0 Å². The van der Waals surface area contributed by atoms with Crippen molar-refractivity contribution in [1.82, 2.24) is 0 Å². The van der Waals surface area contributed by atoms with Gasteiger partial charge in [0.25, 0.3) is 0 Å². The Kier molecular flexibility index (Phi) is 3.18. The van der Waals surface area contributed by atoms with Gasteiger partial charge in [-0.15, -0.1) is 0 Å². The molecule has 0 saturated heterocycles. The molecule has 1 aromatic rings. The summed E-state index contributed by atoms with van der Waals surface area (Å²) < 4.78 is 0. The third-order valence-electron chi connectivity index (χ3n) is 1.28. The van der Waals surface area contributed by atoms with Gasteiger partial charge in [-0.2, -0.15) is 0 Å². The van der Waals surface area contributed by atoms with Gasteiger partial charge in [0.05, 0.1) is 15.1 Å². The van der Waals surface area contributed by atoms with Crippen LogP contribution in [-0.2, 0) is 0 Å².